The Balaban J connectivity index is 2.38. The highest BCUT2D eigenvalue weighted by molar-refractivity contribution is 7.89. The normalized spacial score (nSPS) is 11.5. The molecular formula is C15H13Cl2NO4S. The minimum Gasteiger partial charge on any atom is -0.421 e. The smallest absolute Gasteiger partial charge is 0.343 e. The number of esters is 1. The van der Waals surface area contributed by atoms with E-state index in [2.05, 4.69) is 0 Å². The van der Waals surface area contributed by atoms with Crippen molar-refractivity contribution in [2.24, 2.45) is 0 Å². The molecule has 8 heteroatoms. The van der Waals surface area contributed by atoms with E-state index in [4.69, 9.17) is 27.9 Å². The molecule has 0 saturated carbocycles. The number of para-hydroxylation sites is 1. The average Bonchev–Trinajstić information content (AvgIpc) is 2.49. The fraction of sp³-hybridized carbons (Fsp3) is 0.133. The summed E-state index contributed by atoms with van der Waals surface area (Å²) < 4.78 is 30.6. The molecule has 0 heterocycles. The number of carbonyl (C=O) groups is 1. The Kier molecular flexibility index (Phi) is 5.31. The topological polar surface area (TPSA) is 63.7 Å². The van der Waals surface area contributed by atoms with E-state index >= 15 is 0 Å². The standard InChI is InChI=1S/C15H13Cl2NO4S/c1-18(2)23(20,21)14-9-10(7-8-12(14)17)15(19)22-13-6-4-3-5-11(13)16/h3-9H,1-2H3. The van der Waals surface area contributed by atoms with Gasteiger partial charge in [-0.25, -0.2) is 17.5 Å². The number of halogens is 2. The lowest BCUT2D eigenvalue weighted by Crippen LogP contribution is -2.23. The molecule has 0 bridgehead atoms. The largest absolute Gasteiger partial charge is 0.421 e. The molecule has 2 rings (SSSR count). The first-order valence-electron chi connectivity index (χ1n) is 6.42. The number of nitrogens with zero attached hydrogens (tertiary/aromatic N) is 1. The SMILES string of the molecule is CN(C)S(=O)(=O)c1cc(C(=O)Oc2ccccc2Cl)ccc1Cl. The number of hydrogen-bond donors (Lipinski definition) is 0. The summed E-state index contributed by atoms with van der Waals surface area (Å²) in [5.41, 5.74) is 0.0507. The first kappa shape index (κ1) is 17.7. The van der Waals surface area contributed by atoms with Crippen LogP contribution >= 0.6 is 23.2 Å². The van der Waals surface area contributed by atoms with Gasteiger partial charge in [0.2, 0.25) is 10.0 Å². The zero-order valence-electron chi connectivity index (χ0n) is 12.3. The van der Waals surface area contributed by atoms with Crippen LogP contribution in [0.1, 0.15) is 10.4 Å². The quantitative estimate of drug-likeness (QED) is 0.607. The molecule has 0 saturated heterocycles. The van der Waals surface area contributed by atoms with Crippen LogP contribution in [0.5, 0.6) is 5.75 Å². The van der Waals surface area contributed by atoms with Crippen molar-refractivity contribution in [2.45, 2.75) is 4.90 Å². The predicted molar refractivity (Wildman–Crippen MR) is 88.7 cm³/mol. The number of sulfonamides is 1. The second kappa shape index (κ2) is 6.88. The molecule has 0 amide bonds. The van der Waals surface area contributed by atoms with Crippen LogP contribution in [-0.4, -0.2) is 32.8 Å². The van der Waals surface area contributed by atoms with Gasteiger partial charge in [0.05, 0.1) is 15.6 Å². The third-order valence-corrected chi connectivity index (χ3v) is 5.57. The van der Waals surface area contributed by atoms with Gasteiger partial charge in [0, 0.05) is 14.1 Å². The number of hydrogen-bond acceptors (Lipinski definition) is 4. The van der Waals surface area contributed by atoms with E-state index in [-0.39, 0.29) is 26.3 Å². The summed E-state index contributed by atoms with van der Waals surface area (Å²) in [5, 5.41) is 0.295. The Hall–Kier alpha value is -1.60. The van der Waals surface area contributed by atoms with Crippen molar-refractivity contribution in [1.82, 2.24) is 4.31 Å². The zero-order valence-corrected chi connectivity index (χ0v) is 14.6. The van der Waals surface area contributed by atoms with E-state index in [1.807, 2.05) is 0 Å². The lowest BCUT2D eigenvalue weighted by atomic mass is 10.2. The van der Waals surface area contributed by atoms with Crippen molar-refractivity contribution in [2.75, 3.05) is 14.1 Å². The van der Waals surface area contributed by atoms with Crippen molar-refractivity contribution in [3.05, 3.63) is 58.1 Å². The van der Waals surface area contributed by atoms with Gasteiger partial charge in [-0.1, -0.05) is 35.3 Å². The molecule has 2 aromatic rings. The summed E-state index contributed by atoms with van der Waals surface area (Å²) in [4.78, 5) is 12.0. The van der Waals surface area contributed by atoms with Crippen LogP contribution in [0.25, 0.3) is 0 Å². The molecule has 0 spiro atoms. The van der Waals surface area contributed by atoms with Gasteiger partial charge in [0.25, 0.3) is 0 Å². The molecular weight excluding hydrogens is 361 g/mol. The van der Waals surface area contributed by atoms with Crippen molar-refractivity contribution in [3.63, 3.8) is 0 Å². The van der Waals surface area contributed by atoms with Crippen molar-refractivity contribution >= 4 is 39.2 Å². The predicted octanol–water partition coefficient (Wildman–Crippen LogP) is 3.46. The summed E-state index contributed by atoms with van der Waals surface area (Å²) >= 11 is 11.9. The maximum Gasteiger partial charge on any atom is 0.343 e. The number of carbonyl (C=O) groups excluding carboxylic acids is 1. The van der Waals surface area contributed by atoms with E-state index in [0.29, 0.717) is 0 Å². The van der Waals surface area contributed by atoms with Gasteiger partial charge in [-0.15, -0.1) is 0 Å². The number of benzene rings is 2. The van der Waals surface area contributed by atoms with Gasteiger partial charge < -0.3 is 4.74 Å². The summed E-state index contributed by atoms with van der Waals surface area (Å²) in [6.07, 6.45) is 0. The molecule has 0 fully saturated rings. The van der Waals surface area contributed by atoms with Crippen molar-refractivity contribution < 1.29 is 17.9 Å². The fourth-order valence-corrected chi connectivity index (χ4v) is 3.28. The summed E-state index contributed by atoms with van der Waals surface area (Å²) in [6, 6.07) is 10.4. The molecule has 0 atom stereocenters. The highest BCUT2D eigenvalue weighted by Crippen LogP contribution is 2.27. The van der Waals surface area contributed by atoms with Crippen LogP contribution in [0.4, 0.5) is 0 Å². The molecule has 5 nitrogen and oxygen atoms in total. The van der Waals surface area contributed by atoms with Crippen LogP contribution in [0, 0.1) is 0 Å². The lowest BCUT2D eigenvalue weighted by Gasteiger charge is -2.13. The van der Waals surface area contributed by atoms with Crippen LogP contribution in [0.2, 0.25) is 10.0 Å². The summed E-state index contributed by atoms with van der Waals surface area (Å²) in [7, 11) is -1.03. The van der Waals surface area contributed by atoms with Gasteiger partial charge >= 0.3 is 5.97 Å². The van der Waals surface area contributed by atoms with Crippen LogP contribution in [0.15, 0.2) is 47.4 Å². The molecule has 0 aliphatic heterocycles. The van der Waals surface area contributed by atoms with E-state index in [9.17, 15) is 13.2 Å². The minimum absolute atomic E-state index is 0.0213. The van der Waals surface area contributed by atoms with Crippen molar-refractivity contribution in [1.29, 1.82) is 0 Å². The van der Waals surface area contributed by atoms with Crippen LogP contribution in [0.3, 0.4) is 0 Å². The molecule has 0 aliphatic carbocycles. The monoisotopic (exact) mass is 373 g/mol. The van der Waals surface area contributed by atoms with Gasteiger partial charge in [-0.2, -0.15) is 0 Å². The maximum atomic E-state index is 12.2. The minimum atomic E-state index is -3.78. The molecule has 0 radical (unpaired) electrons. The Bertz CT molecular complexity index is 850. The Morgan fingerprint density at radius 2 is 1.70 bits per heavy atom. The molecule has 122 valence electrons. The number of ether oxygens (including phenoxy) is 1. The lowest BCUT2D eigenvalue weighted by molar-refractivity contribution is 0.0734. The second-order valence-corrected chi connectivity index (χ2v) is 7.69. The Labute approximate surface area is 144 Å². The third-order valence-electron chi connectivity index (χ3n) is 2.96. The van der Waals surface area contributed by atoms with Gasteiger partial charge in [-0.3, -0.25) is 0 Å². The first-order chi connectivity index (χ1) is 10.7. The summed E-state index contributed by atoms with van der Waals surface area (Å²) in [6.45, 7) is 0. The van der Waals surface area contributed by atoms with Crippen LogP contribution in [-0.2, 0) is 10.0 Å². The van der Waals surface area contributed by atoms with Gasteiger partial charge in [0.1, 0.15) is 10.6 Å². The molecule has 23 heavy (non-hydrogen) atoms. The molecule has 0 N–H and O–H groups in total. The van der Waals surface area contributed by atoms with Gasteiger partial charge in [0.15, 0.2) is 0 Å². The molecule has 0 unspecified atom stereocenters. The molecule has 0 aromatic heterocycles. The third kappa shape index (κ3) is 3.84. The second-order valence-electron chi connectivity index (χ2n) is 4.75. The highest BCUT2D eigenvalue weighted by atomic mass is 35.5. The summed E-state index contributed by atoms with van der Waals surface area (Å²) in [5.74, 6) is -0.545. The van der Waals surface area contributed by atoms with E-state index in [1.54, 1.807) is 18.2 Å². The Morgan fingerprint density at radius 3 is 2.30 bits per heavy atom. The van der Waals surface area contributed by atoms with Crippen molar-refractivity contribution in [3.8, 4) is 5.75 Å². The molecule has 0 aliphatic rings. The first-order valence-corrected chi connectivity index (χ1v) is 8.62. The zero-order chi connectivity index (χ0) is 17.2. The van der Waals surface area contributed by atoms with Gasteiger partial charge in [-0.05, 0) is 30.3 Å². The fourth-order valence-electron chi connectivity index (χ4n) is 1.71. The van der Waals surface area contributed by atoms with E-state index in [0.717, 1.165) is 4.31 Å². The Morgan fingerprint density at radius 1 is 1.04 bits per heavy atom. The van der Waals surface area contributed by atoms with Crippen LogP contribution < -0.4 is 4.74 Å². The van der Waals surface area contributed by atoms with E-state index in [1.165, 1.54) is 38.4 Å². The number of rotatable bonds is 4. The maximum absolute atomic E-state index is 12.2. The molecule has 2 aromatic carbocycles. The average molecular weight is 374 g/mol. The highest BCUT2D eigenvalue weighted by Gasteiger charge is 2.23. The van der Waals surface area contributed by atoms with E-state index < -0.39 is 16.0 Å².